The summed E-state index contributed by atoms with van der Waals surface area (Å²) >= 11 is 0. The van der Waals surface area contributed by atoms with Crippen LogP contribution in [0.2, 0.25) is 0 Å². The lowest BCUT2D eigenvalue weighted by Gasteiger charge is -2.06. The highest BCUT2D eigenvalue weighted by atomic mass is 16.5. The number of rotatable bonds is 3. The van der Waals surface area contributed by atoms with Gasteiger partial charge in [-0.15, -0.1) is 0 Å². The molecule has 0 bridgehead atoms. The molecule has 2 aromatic heterocycles. The Hall–Kier alpha value is -1.77. The van der Waals surface area contributed by atoms with Crippen LogP contribution in [0.25, 0.3) is 11.4 Å². The van der Waals surface area contributed by atoms with Crippen LogP contribution in [0.15, 0.2) is 37.3 Å². The van der Waals surface area contributed by atoms with E-state index < -0.39 is 0 Å². The number of nitrogens with zero attached hydrogens (tertiary/aromatic N) is 2. The molecular weight excluding hydrogens is 176 g/mol. The summed E-state index contributed by atoms with van der Waals surface area (Å²) in [6.45, 7) is 6.43. The molecule has 0 atom stereocenters. The van der Waals surface area contributed by atoms with Crippen LogP contribution in [0.5, 0.6) is 0 Å². The summed E-state index contributed by atoms with van der Waals surface area (Å²) in [5.74, 6) is 0.693. The molecule has 0 saturated carbocycles. The highest BCUT2D eigenvalue weighted by Crippen LogP contribution is 2.14. The Kier molecular flexibility index (Phi) is 2.23. The molecule has 0 aliphatic rings. The van der Waals surface area contributed by atoms with Crippen molar-refractivity contribution < 1.29 is 4.74 Å². The molecule has 3 heteroatoms. The Bertz CT molecular complexity index is 459. The standard InChI is InChI=1S/C11H12N2O/c1-3-14-9(2)10-4-6-13-7-5-12-11(13)8-10/h4-8H,2-3H2,1H3. The second-order valence-electron chi connectivity index (χ2n) is 2.96. The summed E-state index contributed by atoms with van der Waals surface area (Å²) in [5, 5.41) is 0. The molecule has 0 unspecified atom stereocenters. The number of hydrogen-bond donors (Lipinski definition) is 0. The molecule has 72 valence electrons. The molecule has 0 fully saturated rings. The minimum Gasteiger partial charge on any atom is -0.494 e. The Morgan fingerprint density at radius 3 is 3.21 bits per heavy atom. The van der Waals surface area contributed by atoms with E-state index in [0.717, 1.165) is 11.2 Å². The summed E-state index contributed by atoms with van der Waals surface area (Å²) in [5.41, 5.74) is 1.88. The average Bonchev–Trinajstić information content (AvgIpc) is 2.64. The summed E-state index contributed by atoms with van der Waals surface area (Å²) in [7, 11) is 0. The fraction of sp³-hybridized carbons (Fsp3) is 0.182. The van der Waals surface area contributed by atoms with Crippen molar-refractivity contribution in [1.82, 2.24) is 9.38 Å². The van der Waals surface area contributed by atoms with E-state index in [1.54, 1.807) is 6.20 Å². The van der Waals surface area contributed by atoms with Crippen molar-refractivity contribution in [2.45, 2.75) is 6.92 Å². The van der Waals surface area contributed by atoms with E-state index in [2.05, 4.69) is 11.6 Å². The second-order valence-corrected chi connectivity index (χ2v) is 2.96. The SMILES string of the molecule is C=C(OCC)c1ccn2ccnc2c1. The molecule has 0 aliphatic heterocycles. The Morgan fingerprint density at radius 2 is 2.43 bits per heavy atom. The summed E-state index contributed by atoms with van der Waals surface area (Å²) in [6.07, 6.45) is 5.62. The van der Waals surface area contributed by atoms with E-state index in [0.29, 0.717) is 12.4 Å². The first-order valence-electron chi connectivity index (χ1n) is 4.56. The van der Waals surface area contributed by atoms with Crippen molar-refractivity contribution in [1.29, 1.82) is 0 Å². The molecule has 2 heterocycles. The van der Waals surface area contributed by atoms with Gasteiger partial charge in [-0.3, -0.25) is 0 Å². The van der Waals surface area contributed by atoms with Gasteiger partial charge in [0.05, 0.1) is 6.61 Å². The van der Waals surface area contributed by atoms with Crippen molar-refractivity contribution >= 4 is 11.4 Å². The first kappa shape index (κ1) is 8.81. The van der Waals surface area contributed by atoms with Crippen molar-refractivity contribution in [3.63, 3.8) is 0 Å². The van der Waals surface area contributed by atoms with Crippen molar-refractivity contribution in [2.75, 3.05) is 6.61 Å². The fourth-order valence-electron chi connectivity index (χ4n) is 1.34. The van der Waals surface area contributed by atoms with Gasteiger partial charge in [-0.25, -0.2) is 4.98 Å². The van der Waals surface area contributed by atoms with E-state index in [1.807, 2.05) is 35.9 Å². The molecule has 0 aliphatic carbocycles. The van der Waals surface area contributed by atoms with E-state index in [4.69, 9.17) is 4.74 Å². The zero-order valence-corrected chi connectivity index (χ0v) is 8.10. The van der Waals surface area contributed by atoms with Gasteiger partial charge in [-0.05, 0) is 19.1 Å². The third-order valence-corrected chi connectivity index (χ3v) is 2.04. The minimum atomic E-state index is 0.637. The van der Waals surface area contributed by atoms with Crippen molar-refractivity contribution in [3.8, 4) is 0 Å². The maximum Gasteiger partial charge on any atom is 0.137 e. The Balaban J connectivity index is 2.38. The molecular formula is C11H12N2O. The van der Waals surface area contributed by atoms with E-state index in [9.17, 15) is 0 Å². The molecule has 2 rings (SSSR count). The Labute approximate surface area is 82.7 Å². The second kappa shape index (κ2) is 3.54. The highest BCUT2D eigenvalue weighted by molar-refractivity contribution is 5.61. The number of aromatic nitrogens is 2. The van der Waals surface area contributed by atoms with Gasteiger partial charge in [0.2, 0.25) is 0 Å². The molecule has 0 spiro atoms. The zero-order valence-electron chi connectivity index (χ0n) is 8.10. The van der Waals surface area contributed by atoms with Gasteiger partial charge in [0.15, 0.2) is 0 Å². The first-order valence-corrected chi connectivity index (χ1v) is 4.56. The first-order chi connectivity index (χ1) is 6.81. The van der Waals surface area contributed by atoms with Crippen LogP contribution in [0, 0.1) is 0 Å². The lowest BCUT2D eigenvalue weighted by atomic mass is 10.2. The van der Waals surface area contributed by atoms with Crippen LogP contribution < -0.4 is 0 Å². The van der Waals surface area contributed by atoms with Crippen molar-refractivity contribution in [2.24, 2.45) is 0 Å². The van der Waals surface area contributed by atoms with E-state index in [1.165, 1.54) is 0 Å². The normalized spacial score (nSPS) is 10.4. The molecule has 2 aromatic rings. The molecule has 0 aromatic carbocycles. The average molecular weight is 188 g/mol. The molecule has 14 heavy (non-hydrogen) atoms. The third-order valence-electron chi connectivity index (χ3n) is 2.04. The van der Waals surface area contributed by atoms with Gasteiger partial charge in [-0.2, -0.15) is 0 Å². The predicted octanol–water partition coefficient (Wildman–Crippen LogP) is 2.34. The van der Waals surface area contributed by atoms with Gasteiger partial charge in [0.25, 0.3) is 0 Å². The number of ether oxygens (including phenoxy) is 1. The molecule has 0 radical (unpaired) electrons. The van der Waals surface area contributed by atoms with Gasteiger partial charge >= 0.3 is 0 Å². The lowest BCUT2D eigenvalue weighted by Crippen LogP contribution is -1.91. The number of pyridine rings is 1. The van der Waals surface area contributed by atoms with Crippen LogP contribution in [0.3, 0.4) is 0 Å². The van der Waals surface area contributed by atoms with Gasteiger partial charge in [0.1, 0.15) is 11.4 Å². The predicted molar refractivity (Wildman–Crippen MR) is 55.9 cm³/mol. The molecule has 0 saturated heterocycles. The van der Waals surface area contributed by atoms with Crippen LogP contribution in [-0.4, -0.2) is 16.0 Å². The summed E-state index contributed by atoms with van der Waals surface area (Å²) < 4.78 is 7.27. The highest BCUT2D eigenvalue weighted by Gasteiger charge is 2.00. The minimum absolute atomic E-state index is 0.637. The monoisotopic (exact) mass is 188 g/mol. The summed E-state index contributed by atoms with van der Waals surface area (Å²) in [4.78, 5) is 4.19. The van der Waals surface area contributed by atoms with Crippen molar-refractivity contribution in [3.05, 3.63) is 42.9 Å². The molecule has 3 nitrogen and oxygen atoms in total. The Morgan fingerprint density at radius 1 is 1.57 bits per heavy atom. The number of imidazole rings is 1. The van der Waals surface area contributed by atoms with Gasteiger partial charge in [0, 0.05) is 24.2 Å². The maximum absolute atomic E-state index is 5.32. The van der Waals surface area contributed by atoms with Gasteiger partial charge in [-0.1, -0.05) is 6.58 Å². The van der Waals surface area contributed by atoms with Gasteiger partial charge < -0.3 is 9.14 Å². The molecule has 0 N–H and O–H groups in total. The quantitative estimate of drug-likeness (QED) is 0.691. The van der Waals surface area contributed by atoms with Crippen LogP contribution in [0.4, 0.5) is 0 Å². The lowest BCUT2D eigenvalue weighted by molar-refractivity contribution is 0.299. The fourth-order valence-corrected chi connectivity index (χ4v) is 1.34. The van der Waals surface area contributed by atoms with E-state index >= 15 is 0 Å². The van der Waals surface area contributed by atoms with Crippen LogP contribution in [0.1, 0.15) is 12.5 Å². The smallest absolute Gasteiger partial charge is 0.137 e. The zero-order chi connectivity index (χ0) is 9.97. The topological polar surface area (TPSA) is 26.5 Å². The summed E-state index contributed by atoms with van der Waals surface area (Å²) in [6, 6.07) is 3.92. The van der Waals surface area contributed by atoms with E-state index in [-0.39, 0.29) is 0 Å². The molecule has 0 amide bonds. The third kappa shape index (κ3) is 1.48. The van der Waals surface area contributed by atoms with Crippen LogP contribution >= 0.6 is 0 Å². The maximum atomic E-state index is 5.32. The largest absolute Gasteiger partial charge is 0.494 e. The number of hydrogen-bond acceptors (Lipinski definition) is 2. The van der Waals surface area contributed by atoms with Crippen LogP contribution in [-0.2, 0) is 4.74 Å². The number of fused-ring (bicyclic) bond motifs is 1.